The summed E-state index contributed by atoms with van der Waals surface area (Å²) in [7, 11) is 1.67. The first-order valence-corrected chi connectivity index (χ1v) is 6.34. The number of methoxy groups -OCH3 is 1. The van der Waals surface area contributed by atoms with E-state index in [0.717, 1.165) is 17.9 Å². The number of aryl methyl sites for hydroxylation is 1. The molecule has 0 aliphatic rings. The van der Waals surface area contributed by atoms with Gasteiger partial charge in [-0.05, 0) is 19.1 Å². The molecule has 0 saturated heterocycles. The van der Waals surface area contributed by atoms with Crippen molar-refractivity contribution in [1.29, 1.82) is 0 Å². The maximum atomic E-state index is 5.67. The second-order valence-electron chi connectivity index (χ2n) is 4.20. The minimum Gasteiger partial charge on any atom is -0.484 e. The van der Waals surface area contributed by atoms with Gasteiger partial charge in [0.15, 0.2) is 6.61 Å². The summed E-state index contributed by atoms with van der Waals surface area (Å²) in [4.78, 5) is 8.39. The maximum absolute atomic E-state index is 5.67. The van der Waals surface area contributed by atoms with Crippen LogP contribution >= 0.6 is 0 Å². The van der Waals surface area contributed by atoms with Crippen molar-refractivity contribution in [1.82, 2.24) is 20.4 Å². The Hall–Kier alpha value is -1.99. The van der Waals surface area contributed by atoms with Crippen LogP contribution in [0, 0.1) is 6.92 Å². The number of nitrogens with one attached hydrogen (secondary N) is 1. The highest BCUT2D eigenvalue weighted by atomic mass is 16.5. The number of nitrogens with zero attached hydrogens (tertiary/aromatic N) is 3. The fourth-order valence-electron chi connectivity index (χ4n) is 1.64. The minimum absolute atomic E-state index is 0.256. The Morgan fingerprint density at radius 1 is 1.35 bits per heavy atom. The monoisotopic (exact) mass is 278 g/mol. The van der Waals surface area contributed by atoms with Crippen molar-refractivity contribution in [2.24, 2.45) is 0 Å². The molecular formula is C13H18N4O3. The maximum Gasteiger partial charge on any atom is 0.213 e. The molecule has 0 aromatic carbocycles. The molecule has 0 saturated carbocycles. The average molecular weight is 278 g/mol. The van der Waals surface area contributed by atoms with E-state index < -0.39 is 0 Å². The molecule has 7 heteroatoms. The highest BCUT2D eigenvalue weighted by Crippen LogP contribution is 2.17. The summed E-state index contributed by atoms with van der Waals surface area (Å²) in [5.74, 6) is 1.22. The molecule has 0 aliphatic carbocycles. The van der Waals surface area contributed by atoms with E-state index in [-0.39, 0.29) is 6.61 Å². The fraction of sp³-hybridized carbons (Fsp3) is 0.462. The van der Waals surface area contributed by atoms with Gasteiger partial charge in [0, 0.05) is 25.9 Å². The number of aromatic nitrogens is 3. The van der Waals surface area contributed by atoms with Gasteiger partial charge in [-0.3, -0.25) is 4.98 Å². The first-order valence-electron chi connectivity index (χ1n) is 6.34. The van der Waals surface area contributed by atoms with E-state index in [0.29, 0.717) is 24.7 Å². The van der Waals surface area contributed by atoms with Crippen molar-refractivity contribution in [3.63, 3.8) is 0 Å². The van der Waals surface area contributed by atoms with E-state index >= 15 is 0 Å². The molecule has 0 fully saturated rings. The van der Waals surface area contributed by atoms with Gasteiger partial charge in [-0.15, -0.1) is 0 Å². The number of rotatable bonds is 8. The SMILES string of the molecule is COCCNCc1nc(C)ccc1OCc1ncon1. The lowest BCUT2D eigenvalue weighted by molar-refractivity contribution is 0.198. The van der Waals surface area contributed by atoms with Gasteiger partial charge >= 0.3 is 0 Å². The normalized spacial score (nSPS) is 10.7. The topological polar surface area (TPSA) is 82.3 Å². The molecular weight excluding hydrogens is 260 g/mol. The molecule has 0 atom stereocenters. The molecule has 2 aromatic rings. The summed E-state index contributed by atoms with van der Waals surface area (Å²) < 4.78 is 15.3. The lowest BCUT2D eigenvalue weighted by Gasteiger charge is -2.11. The van der Waals surface area contributed by atoms with Crippen molar-refractivity contribution in [2.45, 2.75) is 20.1 Å². The third kappa shape index (κ3) is 4.29. The molecule has 0 unspecified atom stereocenters. The van der Waals surface area contributed by atoms with Crippen LogP contribution in [0.15, 0.2) is 23.0 Å². The Morgan fingerprint density at radius 3 is 3.00 bits per heavy atom. The summed E-state index contributed by atoms with van der Waals surface area (Å²) in [6.07, 6.45) is 1.28. The van der Waals surface area contributed by atoms with E-state index in [2.05, 4.69) is 25.0 Å². The molecule has 2 aromatic heterocycles. The Morgan fingerprint density at radius 2 is 2.25 bits per heavy atom. The van der Waals surface area contributed by atoms with Crippen LogP contribution < -0.4 is 10.1 Å². The van der Waals surface area contributed by atoms with Crippen molar-refractivity contribution >= 4 is 0 Å². The first-order chi connectivity index (χ1) is 9.79. The number of hydrogen-bond acceptors (Lipinski definition) is 7. The minimum atomic E-state index is 0.256. The van der Waals surface area contributed by atoms with Gasteiger partial charge < -0.3 is 19.3 Å². The van der Waals surface area contributed by atoms with Crippen molar-refractivity contribution in [3.8, 4) is 5.75 Å². The quantitative estimate of drug-likeness (QED) is 0.724. The predicted octanol–water partition coefficient (Wildman–Crippen LogP) is 1.09. The van der Waals surface area contributed by atoms with E-state index in [1.807, 2.05) is 19.1 Å². The Kier molecular flexibility index (Phi) is 5.45. The zero-order valence-corrected chi connectivity index (χ0v) is 11.6. The van der Waals surface area contributed by atoms with Crippen LogP contribution in [0.1, 0.15) is 17.2 Å². The van der Waals surface area contributed by atoms with E-state index in [9.17, 15) is 0 Å². The van der Waals surface area contributed by atoms with Crippen molar-refractivity contribution in [3.05, 3.63) is 35.7 Å². The highest BCUT2D eigenvalue weighted by Gasteiger charge is 2.07. The fourth-order valence-corrected chi connectivity index (χ4v) is 1.64. The summed E-state index contributed by atoms with van der Waals surface area (Å²) in [5, 5.41) is 6.95. The van der Waals surface area contributed by atoms with Crippen LogP contribution in [0.4, 0.5) is 0 Å². The van der Waals surface area contributed by atoms with Gasteiger partial charge in [-0.25, -0.2) is 0 Å². The van der Waals surface area contributed by atoms with Gasteiger partial charge in [-0.1, -0.05) is 5.16 Å². The third-order valence-electron chi connectivity index (χ3n) is 2.61. The highest BCUT2D eigenvalue weighted by molar-refractivity contribution is 5.29. The Labute approximate surface area is 117 Å². The molecule has 20 heavy (non-hydrogen) atoms. The van der Waals surface area contributed by atoms with Crippen LogP contribution in [-0.4, -0.2) is 35.4 Å². The van der Waals surface area contributed by atoms with Crippen molar-refractivity contribution in [2.75, 3.05) is 20.3 Å². The molecule has 7 nitrogen and oxygen atoms in total. The molecule has 0 spiro atoms. The molecule has 0 bridgehead atoms. The number of pyridine rings is 1. The van der Waals surface area contributed by atoms with Crippen LogP contribution in [0.2, 0.25) is 0 Å². The van der Waals surface area contributed by atoms with Crippen LogP contribution in [-0.2, 0) is 17.9 Å². The van der Waals surface area contributed by atoms with Crippen molar-refractivity contribution < 1.29 is 14.0 Å². The average Bonchev–Trinajstić information content (AvgIpc) is 2.96. The Balaban J connectivity index is 1.95. The van der Waals surface area contributed by atoms with E-state index in [1.165, 1.54) is 6.39 Å². The molecule has 0 aliphatic heterocycles. The van der Waals surface area contributed by atoms with Gasteiger partial charge in [0.1, 0.15) is 5.75 Å². The summed E-state index contributed by atoms with van der Waals surface area (Å²) in [5.41, 5.74) is 1.80. The largest absolute Gasteiger partial charge is 0.484 e. The molecule has 0 radical (unpaired) electrons. The number of hydrogen-bond donors (Lipinski definition) is 1. The lowest BCUT2D eigenvalue weighted by Crippen LogP contribution is -2.20. The summed E-state index contributed by atoms with van der Waals surface area (Å²) in [6, 6.07) is 3.81. The number of ether oxygens (including phenoxy) is 2. The molecule has 2 heterocycles. The van der Waals surface area contributed by atoms with Gasteiger partial charge in [-0.2, -0.15) is 4.98 Å². The predicted molar refractivity (Wildman–Crippen MR) is 71.2 cm³/mol. The van der Waals surface area contributed by atoms with Gasteiger partial charge in [0.25, 0.3) is 0 Å². The Bertz CT molecular complexity index is 516. The zero-order chi connectivity index (χ0) is 14.2. The smallest absolute Gasteiger partial charge is 0.213 e. The third-order valence-corrected chi connectivity index (χ3v) is 2.61. The second-order valence-corrected chi connectivity index (χ2v) is 4.20. The standard InChI is InChI=1S/C13H18N4O3/c1-10-3-4-12(19-8-13-15-9-20-17-13)11(16-10)7-14-5-6-18-2/h3-4,9,14H,5-8H2,1-2H3. The zero-order valence-electron chi connectivity index (χ0n) is 11.6. The van der Waals surface area contributed by atoms with Crippen LogP contribution in [0.3, 0.4) is 0 Å². The molecule has 1 N–H and O–H groups in total. The van der Waals surface area contributed by atoms with Crippen LogP contribution in [0.25, 0.3) is 0 Å². The molecule has 108 valence electrons. The van der Waals surface area contributed by atoms with Crippen LogP contribution in [0.5, 0.6) is 5.75 Å². The van der Waals surface area contributed by atoms with Gasteiger partial charge in [0.2, 0.25) is 12.2 Å². The molecule has 0 amide bonds. The first kappa shape index (κ1) is 14.4. The lowest BCUT2D eigenvalue weighted by atomic mass is 10.3. The van der Waals surface area contributed by atoms with E-state index in [4.69, 9.17) is 9.47 Å². The summed E-state index contributed by atoms with van der Waals surface area (Å²) in [6.45, 7) is 4.24. The summed E-state index contributed by atoms with van der Waals surface area (Å²) >= 11 is 0. The van der Waals surface area contributed by atoms with E-state index in [1.54, 1.807) is 7.11 Å². The second kappa shape index (κ2) is 7.56. The van der Waals surface area contributed by atoms with Gasteiger partial charge in [0.05, 0.1) is 12.3 Å². The molecule has 2 rings (SSSR count).